The van der Waals surface area contributed by atoms with E-state index in [1.165, 1.54) is 12.8 Å². The molecule has 1 unspecified atom stereocenters. The standard InChI is InChI=1S/C10H22N4O/c1-14-4-2-8(3-5-14)6-13-7-9(11)10(12)15/h8-9,13H,2-7,11H2,1H3,(H2,12,15). The second kappa shape index (κ2) is 6.05. The highest BCUT2D eigenvalue weighted by Crippen LogP contribution is 2.14. The molecule has 5 heteroatoms. The lowest BCUT2D eigenvalue weighted by Gasteiger charge is -2.29. The van der Waals surface area contributed by atoms with Crippen molar-refractivity contribution in [3.8, 4) is 0 Å². The maximum atomic E-state index is 10.7. The maximum Gasteiger partial charge on any atom is 0.235 e. The fraction of sp³-hybridized carbons (Fsp3) is 0.900. The first kappa shape index (κ1) is 12.4. The van der Waals surface area contributed by atoms with Gasteiger partial charge in [0, 0.05) is 6.54 Å². The fourth-order valence-electron chi connectivity index (χ4n) is 1.81. The minimum atomic E-state index is -0.559. The molecule has 0 aliphatic carbocycles. The van der Waals surface area contributed by atoms with E-state index >= 15 is 0 Å². The Balaban J connectivity index is 2.07. The highest BCUT2D eigenvalue weighted by Gasteiger charge is 2.16. The van der Waals surface area contributed by atoms with Crippen molar-refractivity contribution in [2.75, 3.05) is 33.2 Å². The molecule has 0 saturated carbocycles. The molecule has 0 radical (unpaired) electrons. The summed E-state index contributed by atoms with van der Waals surface area (Å²) in [4.78, 5) is 13.0. The first-order valence-corrected chi connectivity index (χ1v) is 5.53. The van der Waals surface area contributed by atoms with Crippen LogP contribution in [0.1, 0.15) is 12.8 Å². The highest BCUT2D eigenvalue weighted by molar-refractivity contribution is 5.79. The number of nitrogens with one attached hydrogen (secondary N) is 1. The van der Waals surface area contributed by atoms with Gasteiger partial charge in [-0.1, -0.05) is 0 Å². The number of hydrogen-bond acceptors (Lipinski definition) is 4. The molecule has 1 amide bonds. The van der Waals surface area contributed by atoms with Gasteiger partial charge in [-0.3, -0.25) is 4.79 Å². The van der Waals surface area contributed by atoms with Crippen LogP contribution >= 0.6 is 0 Å². The molecular weight excluding hydrogens is 192 g/mol. The zero-order chi connectivity index (χ0) is 11.3. The first-order valence-electron chi connectivity index (χ1n) is 5.53. The smallest absolute Gasteiger partial charge is 0.235 e. The largest absolute Gasteiger partial charge is 0.368 e. The fourth-order valence-corrected chi connectivity index (χ4v) is 1.81. The number of amides is 1. The van der Waals surface area contributed by atoms with Gasteiger partial charge in [0.25, 0.3) is 0 Å². The summed E-state index contributed by atoms with van der Waals surface area (Å²) in [5.74, 6) is 0.271. The summed E-state index contributed by atoms with van der Waals surface area (Å²) in [5.41, 5.74) is 10.6. The zero-order valence-electron chi connectivity index (χ0n) is 9.41. The average molecular weight is 214 g/mol. The number of hydrogen-bond donors (Lipinski definition) is 3. The Kier molecular flexibility index (Phi) is 5.01. The zero-order valence-corrected chi connectivity index (χ0v) is 9.41. The SMILES string of the molecule is CN1CCC(CNCC(N)C(N)=O)CC1. The predicted molar refractivity (Wildman–Crippen MR) is 60.3 cm³/mol. The number of primary amides is 1. The molecule has 1 fully saturated rings. The maximum absolute atomic E-state index is 10.7. The van der Waals surface area contributed by atoms with Gasteiger partial charge >= 0.3 is 0 Å². The molecule has 88 valence electrons. The van der Waals surface area contributed by atoms with Gasteiger partial charge in [-0.05, 0) is 45.4 Å². The van der Waals surface area contributed by atoms with Gasteiger partial charge in [0.15, 0.2) is 0 Å². The summed E-state index contributed by atoms with van der Waals surface area (Å²) in [6, 6.07) is -0.559. The highest BCUT2D eigenvalue weighted by atomic mass is 16.1. The quantitative estimate of drug-likeness (QED) is 0.533. The molecule has 0 aromatic heterocycles. The lowest BCUT2D eigenvalue weighted by molar-refractivity contribution is -0.119. The van der Waals surface area contributed by atoms with E-state index in [2.05, 4.69) is 17.3 Å². The van der Waals surface area contributed by atoms with E-state index in [1.807, 2.05) is 0 Å². The molecule has 0 aromatic carbocycles. The molecule has 0 aromatic rings. The van der Waals surface area contributed by atoms with Crippen molar-refractivity contribution in [2.24, 2.45) is 17.4 Å². The predicted octanol–water partition coefficient (Wildman–Crippen LogP) is -1.27. The van der Waals surface area contributed by atoms with Crippen LogP contribution in [0.25, 0.3) is 0 Å². The molecule has 0 bridgehead atoms. The summed E-state index contributed by atoms with van der Waals surface area (Å²) in [6.45, 7) is 3.75. The van der Waals surface area contributed by atoms with Gasteiger partial charge in [0.1, 0.15) is 0 Å². The first-order chi connectivity index (χ1) is 7.09. The van der Waals surface area contributed by atoms with Gasteiger partial charge in [-0.2, -0.15) is 0 Å². The summed E-state index contributed by atoms with van der Waals surface area (Å²) in [5, 5.41) is 3.21. The van der Waals surface area contributed by atoms with Gasteiger partial charge in [-0.25, -0.2) is 0 Å². The van der Waals surface area contributed by atoms with Crippen LogP contribution in [0.5, 0.6) is 0 Å². The Hall–Kier alpha value is -0.650. The third-order valence-electron chi connectivity index (χ3n) is 3.00. The molecular formula is C10H22N4O. The van der Waals surface area contributed by atoms with Crippen LogP contribution < -0.4 is 16.8 Å². The summed E-state index contributed by atoms with van der Waals surface area (Å²) in [6.07, 6.45) is 2.44. The second-order valence-electron chi connectivity index (χ2n) is 4.41. The van der Waals surface area contributed by atoms with Crippen LogP contribution in [0.4, 0.5) is 0 Å². The van der Waals surface area contributed by atoms with Crippen molar-refractivity contribution in [3.63, 3.8) is 0 Å². The van der Waals surface area contributed by atoms with Gasteiger partial charge in [0.05, 0.1) is 6.04 Å². The van der Waals surface area contributed by atoms with Crippen molar-refractivity contribution in [1.82, 2.24) is 10.2 Å². The topological polar surface area (TPSA) is 84.4 Å². The molecule has 1 heterocycles. The molecule has 5 N–H and O–H groups in total. The number of carbonyl (C=O) groups excluding carboxylic acids is 1. The van der Waals surface area contributed by atoms with Crippen molar-refractivity contribution in [1.29, 1.82) is 0 Å². The van der Waals surface area contributed by atoms with Crippen molar-refractivity contribution in [2.45, 2.75) is 18.9 Å². The van der Waals surface area contributed by atoms with Crippen LogP contribution in [-0.4, -0.2) is 50.1 Å². The minimum absolute atomic E-state index is 0.439. The molecule has 15 heavy (non-hydrogen) atoms. The summed E-state index contributed by atoms with van der Waals surface area (Å²) >= 11 is 0. The molecule has 1 aliphatic heterocycles. The lowest BCUT2D eigenvalue weighted by Crippen LogP contribution is -2.45. The van der Waals surface area contributed by atoms with Crippen LogP contribution in [0.2, 0.25) is 0 Å². The van der Waals surface area contributed by atoms with E-state index in [-0.39, 0.29) is 0 Å². The van der Waals surface area contributed by atoms with Crippen molar-refractivity contribution < 1.29 is 4.79 Å². The second-order valence-corrected chi connectivity index (χ2v) is 4.41. The lowest BCUT2D eigenvalue weighted by atomic mass is 9.97. The number of piperidine rings is 1. The van der Waals surface area contributed by atoms with Crippen LogP contribution in [0.15, 0.2) is 0 Å². The minimum Gasteiger partial charge on any atom is -0.368 e. The molecule has 1 rings (SSSR count). The molecule has 1 atom stereocenters. The van der Waals surface area contributed by atoms with Crippen LogP contribution in [-0.2, 0) is 4.79 Å². The summed E-state index contributed by atoms with van der Waals surface area (Å²) in [7, 11) is 2.15. The monoisotopic (exact) mass is 214 g/mol. The Labute approximate surface area is 91.2 Å². The average Bonchev–Trinajstić information content (AvgIpc) is 2.20. The van der Waals surface area contributed by atoms with Gasteiger partial charge in [0.2, 0.25) is 5.91 Å². The van der Waals surface area contributed by atoms with Gasteiger partial charge < -0.3 is 21.7 Å². The Morgan fingerprint density at radius 3 is 2.67 bits per heavy atom. The van der Waals surface area contributed by atoms with E-state index in [0.29, 0.717) is 12.5 Å². The van der Waals surface area contributed by atoms with Crippen LogP contribution in [0.3, 0.4) is 0 Å². The third kappa shape index (κ3) is 4.59. The van der Waals surface area contributed by atoms with E-state index in [9.17, 15) is 4.79 Å². The molecule has 1 aliphatic rings. The number of rotatable bonds is 5. The summed E-state index contributed by atoms with van der Waals surface area (Å²) < 4.78 is 0. The van der Waals surface area contributed by atoms with E-state index in [1.54, 1.807) is 0 Å². The Bertz CT molecular complexity index is 202. The number of nitrogens with two attached hydrogens (primary N) is 2. The normalized spacial score (nSPS) is 21.5. The van der Waals surface area contributed by atoms with Crippen molar-refractivity contribution in [3.05, 3.63) is 0 Å². The molecule has 0 spiro atoms. The van der Waals surface area contributed by atoms with E-state index in [4.69, 9.17) is 11.5 Å². The van der Waals surface area contributed by atoms with E-state index in [0.717, 1.165) is 19.6 Å². The van der Waals surface area contributed by atoms with Crippen molar-refractivity contribution >= 4 is 5.91 Å². The number of likely N-dealkylation sites (tertiary alicyclic amines) is 1. The Morgan fingerprint density at radius 2 is 2.13 bits per heavy atom. The third-order valence-corrected chi connectivity index (χ3v) is 3.00. The molecule has 5 nitrogen and oxygen atoms in total. The number of nitrogens with zero attached hydrogens (tertiary/aromatic N) is 1. The van der Waals surface area contributed by atoms with Crippen LogP contribution in [0, 0.1) is 5.92 Å². The molecule has 1 saturated heterocycles. The van der Waals surface area contributed by atoms with Gasteiger partial charge in [-0.15, -0.1) is 0 Å². The van der Waals surface area contributed by atoms with E-state index < -0.39 is 11.9 Å². The number of carbonyl (C=O) groups is 1. The Morgan fingerprint density at radius 1 is 1.53 bits per heavy atom.